The van der Waals surface area contributed by atoms with E-state index >= 15 is 0 Å². The molecule has 0 aliphatic carbocycles. The second-order valence-corrected chi connectivity index (χ2v) is 8.87. The average Bonchev–Trinajstić information content (AvgIpc) is 2.95. The number of allylic oxidation sites excluding steroid dienone is 1. The quantitative estimate of drug-likeness (QED) is 0.716. The highest BCUT2D eigenvalue weighted by Crippen LogP contribution is 2.35. The number of aromatic nitrogens is 1. The van der Waals surface area contributed by atoms with E-state index in [4.69, 9.17) is 4.74 Å². The molecule has 8 heteroatoms. The maximum Gasteiger partial charge on any atom is 0.303 e. The SMILES string of the molecule is COc1ccc2c(c1)C=CCn1c-2cc2ccc(C(=O)NS(=O)(=O)N(C)C)cc21. The molecule has 0 bridgehead atoms. The zero-order valence-corrected chi connectivity index (χ0v) is 17.2. The van der Waals surface area contributed by atoms with Gasteiger partial charge in [-0.3, -0.25) is 4.79 Å². The summed E-state index contributed by atoms with van der Waals surface area (Å²) < 4.78 is 34.4. The normalized spacial score (nSPS) is 13.1. The lowest BCUT2D eigenvalue weighted by Crippen LogP contribution is -2.39. The molecule has 29 heavy (non-hydrogen) atoms. The Balaban J connectivity index is 1.79. The average molecular weight is 411 g/mol. The summed E-state index contributed by atoms with van der Waals surface area (Å²) in [4.78, 5) is 12.5. The van der Waals surface area contributed by atoms with Crippen LogP contribution in [0, 0.1) is 0 Å². The Kier molecular flexibility index (Phi) is 4.68. The summed E-state index contributed by atoms with van der Waals surface area (Å²) in [7, 11) is 0.521. The number of ether oxygens (including phenoxy) is 1. The molecule has 0 saturated heterocycles. The Bertz CT molecular complexity index is 1260. The van der Waals surface area contributed by atoms with Gasteiger partial charge in [0.15, 0.2) is 0 Å². The Labute approximate surface area is 169 Å². The van der Waals surface area contributed by atoms with Crippen molar-refractivity contribution in [3.63, 3.8) is 0 Å². The summed E-state index contributed by atoms with van der Waals surface area (Å²) in [6.07, 6.45) is 4.11. The highest BCUT2D eigenvalue weighted by Gasteiger charge is 2.20. The Morgan fingerprint density at radius 1 is 1.14 bits per heavy atom. The molecule has 4 rings (SSSR count). The van der Waals surface area contributed by atoms with E-state index in [-0.39, 0.29) is 5.56 Å². The molecular formula is C21H21N3O4S. The predicted octanol–water partition coefficient (Wildman–Crippen LogP) is 2.88. The van der Waals surface area contributed by atoms with E-state index in [0.29, 0.717) is 6.54 Å². The second kappa shape index (κ2) is 7.06. The third-order valence-electron chi connectivity index (χ3n) is 4.99. The van der Waals surface area contributed by atoms with Gasteiger partial charge in [0.2, 0.25) is 0 Å². The first-order valence-corrected chi connectivity index (χ1v) is 10.5. The number of hydrogen-bond donors (Lipinski definition) is 1. The van der Waals surface area contributed by atoms with E-state index in [1.165, 1.54) is 14.1 Å². The minimum atomic E-state index is -3.85. The van der Waals surface area contributed by atoms with Gasteiger partial charge in [-0.2, -0.15) is 12.7 Å². The first kappa shape index (κ1) is 19.2. The van der Waals surface area contributed by atoms with Crippen molar-refractivity contribution in [1.29, 1.82) is 0 Å². The third kappa shape index (κ3) is 3.41. The van der Waals surface area contributed by atoms with Crippen molar-refractivity contribution in [1.82, 2.24) is 13.6 Å². The van der Waals surface area contributed by atoms with E-state index in [1.807, 2.05) is 24.3 Å². The fourth-order valence-corrected chi connectivity index (χ4v) is 3.94. The van der Waals surface area contributed by atoms with E-state index in [0.717, 1.165) is 37.8 Å². The zero-order chi connectivity index (χ0) is 20.8. The molecule has 0 unspecified atom stereocenters. The van der Waals surface area contributed by atoms with Crippen molar-refractivity contribution in [2.75, 3.05) is 21.2 Å². The molecule has 7 nitrogen and oxygen atoms in total. The molecule has 0 radical (unpaired) electrons. The second-order valence-electron chi connectivity index (χ2n) is 6.99. The van der Waals surface area contributed by atoms with Crippen LogP contribution in [0.3, 0.4) is 0 Å². The van der Waals surface area contributed by atoms with Crippen LogP contribution in [0.4, 0.5) is 0 Å². The number of nitrogens with one attached hydrogen (secondary N) is 1. The molecule has 1 N–H and O–H groups in total. The van der Waals surface area contributed by atoms with Gasteiger partial charge in [0, 0.05) is 48.4 Å². The molecule has 0 spiro atoms. The van der Waals surface area contributed by atoms with E-state index in [9.17, 15) is 13.2 Å². The van der Waals surface area contributed by atoms with E-state index in [1.54, 1.807) is 19.2 Å². The molecule has 1 aliphatic rings. The number of carbonyl (C=O) groups excluding carboxylic acids is 1. The maximum absolute atomic E-state index is 12.5. The van der Waals surface area contributed by atoms with Crippen LogP contribution in [-0.2, 0) is 16.8 Å². The van der Waals surface area contributed by atoms with Crippen LogP contribution >= 0.6 is 0 Å². The number of hydrogen-bond acceptors (Lipinski definition) is 4. The van der Waals surface area contributed by atoms with Gasteiger partial charge in [0.05, 0.1) is 7.11 Å². The van der Waals surface area contributed by atoms with Crippen molar-refractivity contribution in [2.24, 2.45) is 0 Å². The van der Waals surface area contributed by atoms with Gasteiger partial charge >= 0.3 is 10.2 Å². The fraction of sp³-hybridized carbons (Fsp3) is 0.190. The largest absolute Gasteiger partial charge is 0.497 e. The first-order chi connectivity index (χ1) is 13.8. The monoisotopic (exact) mass is 411 g/mol. The van der Waals surface area contributed by atoms with Gasteiger partial charge in [-0.1, -0.05) is 18.2 Å². The minimum Gasteiger partial charge on any atom is -0.497 e. The predicted molar refractivity (Wildman–Crippen MR) is 113 cm³/mol. The van der Waals surface area contributed by atoms with E-state index in [2.05, 4.69) is 27.5 Å². The van der Waals surface area contributed by atoms with Crippen molar-refractivity contribution in [3.05, 3.63) is 59.7 Å². The van der Waals surface area contributed by atoms with Crippen LogP contribution in [0.15, 0.2) is 48.5 Å². The van der Waals surface area contributed by atoms with Crippen molar-refractivity contribution < 1.29 is 17.9 Å². The summed E-state index contributed by atoms with van der Waals surface area (Å²) in [5, 5.41) is 0.976. The Morgan fingerprint density at radius 3 is 2.66 bits per heavy atom. The molecule has 2 aromatic carbocycles. The van der Waals surface area contributed by atoms with Crippen molar-refractivity contribution in [3.8, 4) is 17.0 Å². The van der Waals surface area contributed by atoms with Gasteiger partial charge in [-0.15, -0.1) is 0 Å². The Morgan fingerprint density at radius 2 is 1.93 bits per heavy atom. The van der Waals surface area contributed by atoms with Crippen LogP contribution in [0.25, 0.3) is 28.2 Å². The number of rotatable bonds is 4. The molecule has 1 amide bonds. The molecule has 1 aromatic heterocycles. The van der Waals surface area contributed by atoms with Gasteiger partial charge in [-0.05, 0) is 42.0 Å². The third-order valence-corrected chi connectivity index (χ3v) is 6.39. The van der Waals surface area contributed by atoms with Crippen LogP contribution in [-0.4, -0.2) is 44.4 Å². The summed E-state index contributed by atoms with van der Waals surface area (Å²) in [6.45, 7) is 0.636. The Hall–Kier alpha value is -3.10. The van der Waals surface area contributed by atoms with Crippen LogP contribution in [0.2, 0.25) is 0 Å². The zero-order valence-electron chi connectivity index (χ0n) is 16.3. The number of methoxy groups -OCH3 is 1. The molecule has 150 valence electrons. The summed E-state index contributed by atoms with van der Waals surface area (Å²) >= 11 is 0. The number of amides is 1. The number of carbonyl (C=O) groups is 1. The maximum atomic E-state index is 12.5. The van der Waals surface area contributed by atoms with Crippen molar-refractivity contribution >= 4 is 33.1 Å². The number of benzene rings is 2. The first-order valence-electron chi connectivity index (χ1n) is 9.03. The number of fused-ring (bicyclic) bond motifs is 5. The van der Waals surface area contributed by atoms with Crippen LogP contribution < -0.4 is 9.46 Å². The molecular weight excluding hydrogens is 390 g/mol. The minimum absolute atomic E-state index is 0.284. The van der Waals surface area contributed by atoms with Crippen LogP contribution in [0.5, 0.6) is 5.75 Å². The van der Waals surface area contributed by atoms with Gasteiger partial charge in [0.25, 0.3) is 5.91 Å². The summed E-state index contributed by atoms with van der Waals surface area (Å²) in [5.74, 6) is 0.129. The standard InChI is InChI=1S/C21H21N3O4S/c1-23(2)29(26,27)22-21(25)16-7-6-15-12-20-18-9-8-17(28-3)11-14(18)5-4-10-24(20)19(15)13-16/h4-9,11-13H,10H2,1-3H3,(H,22,25). The lowest BCUT2D eigenvalue weighted by Gasteiger charge is -2.12. The lowest BCUT2D eigenvalue weighted by molar-refractivity contribution is 0.0980. The van der Waals surface area contributed by atoms with Gasteiger partial charge < -0.3 is 9.30 Å². The van der Waals surface area contributed by atoms with Crippen LogP contribution in [0.1, 0.15) is 15.9 Å². The highest BCUT2D eigenvalue weighted by molar-refractivity contribution is 7.87. The summed E-state index contributed by atoms with van der Waals surface area (Å²) in [6, 6.07) is 13.2. The molecule has 2 heterocycles. The van der Waals surface area contributed by atoms with E-state index < -0.39 is 16.1 Å². The molecule has 3 aromatic rings. The molecule has 1 aliphatic heterocycles. The number of nitrogens with zero attached hydrogens (tertiary/aromatic N) is 2. The van der Waals surface area contributed by atoms with Gasteiger partial charge in [-0.25, -0.2) is 4.72 Å². The van der Waals surface area contributed by atoms with Crippen molar-refractivity contribution in [2.45, 2.75) is 6.54 Å². The highest BCUT2D eigenvalue weighted by atomic mass is 32.2. The van der Waals surface area contributed by atoms with Gasteiger partial charge in [0.1, 0.15) is 5.75 Å². The fourth-order valence-electron chi connectivity index (χ4n) is 3.41. The summed E-state index contributed by atoms with van der Waals surface area (Å²) in [5.41, 5.74) is 4.30. The smallest absolute Gasteiger partial charge is 0.303 e. The topological polar surface area (TPSA) is 80.6 Å². The lowest BCUT2D eigenvalue weighted by atomic mass is 10.0. The molecule has 0 atom stereocenters. The molecule has 0 fully saturated rings. The molecule has 0 saturated carbocycles.